The molecule has 35 heavy (non-hydrogen) atoms. The molecule has 2 aromatic heterocycles. The lowest BCUT2D eigenvalue weighted by Crippen LogP contribution is -2.34. The summed E-state index contributed by atoms with van der Waals surface area (Å²) in [5, 5.41) is 1.09. The van der Waals surface area contributed by atoms with Gasteiger partial charge in [0.1, 0.15) is 5.65 Å². The quantitative estimate of drug-likeness (QED) is 0.459. The number of aromatic amines is 1. The second-order valence-corrected chi connectivity index (χ2v) is 8.77. The maximum Gasteiger partial charge on any atom is 0.261 e. The number of hydrogen-bond acceptors (Lipinski definition) is 4. The summed E-state index contributed by atoms with van der Waals surface area (Å²) in [6.07, 6.45) is 6.62. The Labute approximate surface area is 201 Å². The minimum absolute atomic E-state index is 0.0341. The van der Waals surface area contributed by atoms with E-state index < -0.39 is 0 Å². The van der Waals surface area contributed by atoms with Gasteiger partial charge in [-0.1, -0.05) is 30.3 Å². The van der Waals surface area contributed by atoms with Crippen LogP contribution in [0.2, 0.25) is 0 Å². The highest BCUT2D eigenvalue weighted by Crippen LogP contribution is 2.29. The van der Waals surface area contributed by atoms with Crippen LogP contribution in [-0.2, 0) is 6.54 Å². The highest BCUT2D eigenvalue weighted by atomic mass is 16.2. The monoisotopic (exact) mass is 462 g/mol. The summed E-state index contributed by atoms with van der Waals surface area (Å²) in [6.45, 7) is 1.35. The van der Waals surface area contributed by atoms with E-state index in [9.17, 15) is 14.4 Å². The molecule has 0 spiro atoms. The van der Waals surface area contributed by atoms with Gasteiger partial charge in [-0.25, -0.2) is 4.98 Å². The number of pyridine rings is 1. The normalized spacial score (nSPS) is 15.5. The van der Waals surface area contributed by atoms with Gasteiger partial charge in [-0.3, -0.25) is 19.3 Å². The van der Waals surface area contributed by atoms with Crippen LogP contribution in [0.15, 0.2) is 79.1 Å². The highest BCUT2D eigenvalue weighted by molar-refractivity contribution is 6.21. The van der Waals surface area contributed by atoms with Gasteiger partial charge in [-0.2, -0.15) is 0 Å². The van der Waals surface area contributed by atoms with E-state index >= 15 is 0 Å². The van der Waals surface area contributed by atoms with E-state index in [1.54, 1.807) is 54.7 Å². The van der Waals surface area contributed by atoms with Gasteiger partial charge in [0.2, 0.25) is 0 Å². The number of aromatic nitrogens is 2. The second-order valence-electron chi connectivity index (χ2n) is 8.77. The number of carbonyl (C=O) groups excluding carboxylic acids is 3. The number of benzene rings is 2. The summed E-state index contributed by atoms with van der Waals surface area (Å²) in [5.74, 6) is -0.603. The van der Waals surface area contributed by atoms with E-state index in [1.807, 2.05) is 17.2 Å². The minimum atomic E-state index is -0.285. The third-order valence-electron chi connectivity index (χ3n) is 6.71. The predicted octanol–water partition coefficient (Wildman–Crippen LogP) is 4.29. The fourth-order valence-electron chi connectivity index (χ4n) is 4.82. The number of imide groups is 1. The van der Waals surface area contributed by atoms with Crippen molar-refractivity contribution in [3.8, 4) is 0 Å². The molecule has 172 valence electrons. The average Bonchev–Trinajstić information content (AvgIpc) is 3.44. The zero-order chi connectivity index (χ0) is 23.9. The van der Waals surface area contributed by atoms with Crippen molar-refractivity contribution in [3.05, 3.63) is 107 Å². The lowest BCUT2D eigenvalue weighted by atomic mass is 9.99. The number of nitrogens with one attached hydrogen (secondary N) is 1. The van der Waals surface area contributed by atoms with Crippen molar-refractivity contribution >= 4 is 34.3 Å². The fourth-order valence-corrected chi connectivity index (χ4v) is 4.82. The van der Waals surface area contributed by atoms with E-state index in [1.165, 1.54) is 10.5 Å². The Morgan fingerprint density at radius 2 is 1.66 bits per heavy atom. The zero-order valence-electron chi connectivity index (χ0n) is 18.9. The first-order valence-electron chi connectivity index (χ1n) is 11.5. The molecule has 0 bridgehead atoms. The van der Waals surface area contributed by atoms with Crippen LogP contribution in [0.3, 0.4) is 0 Å². The molecule has 2 aromatic carbocycles. The third kappa shape index (κ3) is 3.61. The van der Waals surface area contributed by atoms with Crippen molar-refractivity contribution < 1.29 is 14.4 Å². The van der Waals surface area contributed by atoms with Gasteiger partial charge >= 0.3 is 0 Å². The van der Waals surface area contributed by atoms with Crippen molar-refractivity contribution in [2.75, 3.05) is 13.1 Å². The summed E-state index contributed by atoms with van der Waals surface area (Å²) in [7, 11) is 0. The first-order valence-corrected chi connectivity index (χ1v) is 11.5. The van der Waals surface area contributed by atoms with Crippen LogP contribution in [0.4, 0.5) is 0 Å². The summed E-state index contributed by atoms with van der Waals surface area (Å²) in [4.78, 5) is 48.9. The third-order valence-corrected chi connectivity index (χ3v) is 6.71. The van der Waals surface area contributed by atoms with E-state index in [-0.39, 0.29) is 24.3 Å². The predicted molar refractivity (Wildman–Crippen MR) is 132 cm³/mol. The molecule has 0 fully saturated rings. The number of rotatable bonds is 4. The fraction of sp³-hybridized carbons (Fsp3) is 0.143. The Hall–Kier alpha value is -4.52. The Bertz CT molecular complexity index is 1480. The Kier molecular flexibility index (Phi) is 5.03. The van der Waals surface area contributed by atoms with Crippen LogP contribution in [0.1, 0.15) is 48.6 Å². The van der Waals surface area contributed by atoms with Gasteiger partial charge in [0, 0.05) is 42.0 Å². The van der Waals surface area contributed by atoms with E-state index in [2.05, 4.69) is 22.1 Å². The standard InChI is InChI=1S/C28H22N4O3/c33-26(31-14-11-19(12-15-31)24-16-30-25-21(24)6-3-13-29-25)20-9-7-18(8-10-20)17-32-27(34)22-4-1-2-5-23(22)28(32)35/h1-11,13,16H,12,14-15,17H2,(H,29,30). The molecule has 2 aliphatic heterocycles. The van der Waals surface area contributed by atoms with Crippen molar-refractivity contribution in [3.63, 3.8) is 0 Å². The molecule has 2 aliphatic rings. The Morgan fingerprint density at radius 3 is 2.34 bits per heavy atom. The number of carbonyl (C=O) groups is 3. The molecular weight excluding hydrogens is 440 g/mol. The molecule has 0 atom stereocenters. The maximum absolute atomic E-state index is 13.1. The molecule has 6 rings (SSSR count). The van der Waals surface area contributed by atoms with E-state index in [0.717, 1.165) is 28.6 Å². The van der Waals surface area contributed by atoms with Crippen molar-refractivity contribution in [2.45, 2.75) is 13.0 Å². The van der Waals surface area contributed by atoms with Crippen LogP contribution < -0.4 is 0 Å². The van der Waals surface area contributed by atoms with Crippen LogP contribution in [0, 0.1) is 0 Å². The molecule has 0 aliphatic carbocycles. The smallest absolute Gasteiger partial charge is 0.261 e. The van der Waals surface area contributed by atoms with Crippen LogP contribution in [0.5, 0.6) is 0 Å². The molecule has 7 heteroatoms. The number of nitrogens with zero attached hydrogens (tertiary/aromatic N) is 3. The summed E-state index contributed by atoms with van der Waals surface area (Å²) in [6, 6.07) is 18.0. The molecular formula is C28H22N4O3. The average molecular weight is 463 g/mol. The number of amides is 3. The van der Waals surface area contributed by atoms with Gasteiger partial charge in [0.05, 0.1) is 17.7 Å². The molecule has 3 amide bonds. The molecule has 7 nitrogen and oxygen atoms in total. The zero-order valence-corrected chi connectivity index (χ0v) is 18.9. The van der Waals surface area contributed by atoms with Crippen LogP contribution >= 0.6 is 0 Å². The Morgan fingerprint density at radius 1 is 0.914 bits per heavy atom. The molecule has 1 N–H and O–H groups in total. The molecule has 4 aromatic rings. The van der Waals surface area contributed by atoms with Gasteiger partial charge in [0.25, 0.3) is 17.7 Å². The highest BCUT2D eigenvalue weighted by Gasteiger charge is 2.35. The summed E-state index contributed by atoms with van der Waals surface area (Å²) < 4.78 is 0. The maximum atomic E-state index is 13.1. The van der Waals surface area contributed by atoms with Gasteiger partial charge in [0.15, 0.2) is 0 Å². The number of H-pyrrole nitrogens is 1. The van der Waals surface area contributed by atoms with Gasteiger partial charge < -0.3 is 9.88 Å². The second kappa shape index (κ2) is 8.36. The van der Waals surface area contributed by atoms with Crippen molar-refractivity contribution in [1.82, 2.24) is 19.8 Å². The molecule has 4 heterocycles. The van der Waals surface area contributed by atoms with Gasteiger partial charge in [-0.05, 0) is 54.0 Å². The lowest BCUT2D eigenvalue weighted by molar-refractivity contribution is 0.0641. The number of fused-ring (bicyclic) bond motifs is 2. The first kappa shape index (κ1) is 21.0. The topological polar surface area (TPSA) is 86.4 Å². The minimum Gasteiger partial charge on any atom is -0.346 e. The largest absolute Gasteiger partial charge is 0.346 e. The van der Waals surface area contributed by atoms with Gasteiger partial charge in [-0.15, -0.1) is 0 Å². The van der Waals surface area contributed by atoms with Crippen molar-refractivity contribution in [2.24, 2.45) is 0 Å². The summed E-state index contributed by atoms with van der Waals surface area (Å²) >= 11 is 0. The summed E-state index contributed by atoms with van der Waals surface area (Å²) in [5.41, 5.74) is 5.47. The molecule has 0 saturated carbocycles. The van der Waals surface area contributed by atoms with E-state index in [0.29, 0.717) is 29.8 Å². The van der Waals surface area contributed by atoms with Crippen LogP contribution in [0.25, 0.3) is 16.6 Å². The first-order chi connectivity index (χ1) is 17.1. The molecule has 0 radical (unpaired) electrons. The van der Waals surface area contributed by atoms with E-state index in [4.69, 9.17) is 0 Å². The SMILES string of the molecule is O=C(c1ccc(CN2C(=O)c3ccccc3C2=O)cc1)N1CC=C(c2c[nH]c3ncccc23)CC1. The van der Waals surface area contributed by atoms with Crippen LogP contribution in [-0.4, -0.2) is 50.6 Å². The lowest BCUT2D eigenvalue weighted by Gasteiger charge is -2.26. The van der Waals surface area contributed by atoms with Crippen molar-refractivity contribution in [1.29, 1.82) is 0 Å². The number of hydrogen-bond donors (Lipinski definition) is 1. The molecule has 0 saturated heterocycles. The Balaban J connectivity index is 1.13. The molecule has 0 unspecified atom stereocenters.